The van der Waals surface area contributed by atoms with E-state index in [2.05, 4.69) is 20.6 Å². The van der Waals surface area contributed by atoms with Crippen LogP contribution >= 0.6 is 11.6 Å². The average Bonchev–Trinajstić information content (AvgIpc) is 3.00. The smallest absolute Gasteiger partial charge is 0.330 e. The first-order chi connectivity index (χ1) is 12.0. The highest BCUT2D eigenvalue weighted by Gasteiger charge is 2.22. The van der Waals surface area contributed by atoms with Crippen LogP contribution in [0.5, 0.6) is 0 Å². The van der Waals surface area contributed by atoms with Crippen molar-refractivity contribution in [1.29, 1.82) is 0 Å². The van der Waals surface area contributed by atoms with Crippen LogP contribution in [0, 0.1) is 0 Å². The van der Waals surface area contributed by atoms with Crippen molar-refractivity contribution in [2.75, 3.05) is 0 Å². The van der Waals surface area contributed by atoms with E-state index >= 15 is 0 Å². The third-order valence-electron chi connectivity index (χ3n) is 3.56. The lowest BCUT2D eigenvalue weighted by Gasteiger charge is -2.14. The van der Waals surface area contributed by atoms with Crippen molar-refractivity contribution in [1.82, 2.24) is 25.1 Å². The third kappa shape index (κ3) is 3.92. The van der Waals surface area contributed by atoms with Gasteiger partial charge in [0.05, 0.1) is 0 Å². The largest absolute Gasteiger partial charge is 0.479 e. The number of rotatable bonds is 6. The minimum Gasteiger partial charge on any atom is -0.479 e. The maximum Gasteiger partial charge on any atom is 0.330 e. The van der Waals surface area contributed by atoms with E-state index < -0.39 is 17.9 Å². The van der Waals surface area contributed by atoms with Gasteiger partial charge in [-0.25, -0.2) is 4.79 Å². The predicted octanol–water partition coefficient (Wildman–Crippen LogP) is 1.65. The molecule has 1 atom stereocenters. The fraction of sp³-hybridized carbons (Fsp3) is 0.188. The summed E-state index contributed by atoms with van der Waals surface area (Å²) in [5.74, 6) is -1.06. The number of aliphatic carboxylic acids is 1. The second-order valence-corrected chi connectivity index (χ2v) is 5.68. The van der Waals surface area contributed by atoms with Gasteiger partial charge in [-0.05, 0) is 17.7 Å². The third-order valence-corrected chi connectivity index (χ3v) is 3.76. The molecule has 0 fully saturated rings. The van der Waals surface area contributed by atoms with Gasteiger partial charge in [-0.15, -0.1) is 10.2 Å². The fourth-order valence-corrected chi connectivity index (χ4v) is 2.50. The molecule has 128 valence electrons. The van der Waals surface area contributed by atoms with Crippen LogP contribution in [0.15, 0.2) is 42.5 Å². The first-order valence-corrected chi connectivity index (χ1v) is 7.86. The second-order valence-electron chi connectivity index (χ2n) is 5.29. The van der Waals surface area contributed by atoms with Crippen molar-refractivity contribution in [2.24, 2.45) is 0 Å². The Labute approximate surface area is 147 Å². The van der Waals surface area contributed by atoms with E-state index in [4.69, 9.17) is 11.6 Å². The van der Waals surface area contributed by atoms with Crippen LogP contribution < -0.4 is 5.32 Å². The molecule has 3 rings (SSSR count). The van der Waals surface area contributed by atoms with E-state index in [0.29, 0.717) is 17.0 Å². The summed E-state index contributed by atoms with van der Waals surface area (Å²) in [5.41, 5.74) is 1.03. The number of fused-ring (bicyclic) bond motifs is 1. The van der Waals surface area contributed by atoms with Crippen LogP contribution in [0.3, 0.4) is 0 Å². The molecule has 8 nitrogen and oxygen atoms in total. The molecule has 1 aromatic carbocycles. The van der Waals surface area contributed by atoms with Gasteiger partial charge in [0, 0.05) is 12.8 Å². The van der Waals surface area contributed by atoms with E-state index in [1.54, 1.807) is 42.5 Å². The summed E-state index contributed by atoms with van der Waals surface area (Å²) in [4.78, 5) is 23.6. The van der Waals surface area contributed by atoms with E-state index in [0.717, 1.165) is 0 Å². The Kier molecular flexibility index (Phi) is 4.90. The highest BCUT2D eigenvalue weighted by molar-refractivity contribution is 6.29. The second kappa shape index (κ2) is 7.27. The Morgan fingerprint density at radius 2 is 1.92 bits per heavy atom. The van der Waals surface area contributed by atoms with Gasteiger partial charge in [0.2, 0.25) is 5.91 Å². The zero-order valence-electron chi connectivity index (χ0n) is 13.0. The lowest BCUT2D eigenvalue weighted by molar-refractivity contribution is -0.142. The van der Waals surface area contributed by atoms with E-state index in [-0.39, 0.29) is 18.0 Å². The SMILES string of the molecule is O=C(CCc1nnc2ccc(Cl)nn12)N[C@@H](C(=O)O)c1ccccc1. The normalized spacial score (nSPS) is 12.0. The number of amides is 1. The molecule has 0 aliphatic heterocycles. The fourth-order valence-electron chi connectivity index (χ4n) is 2.36. The highest BCUT2D eigenvalue weighted by atomic mass is 35.5. The number of carboxylic acid groups (broad SMARTS) is 1. The molecule has 2 aromatic heterocycles. The Morgan fingerprint density at radius 3 is 2.64 bits per heavy atom. The van der Waals surface area contributed by atoms with Crippen LogP contribution in [0.4, 0.5) is 0 Å². The topological polar surface area (TPSA) is 109 Å². The quantitative estimate of drug-likeness (QED) is 0.692. The van der Waals surface area contributed by atoms with E-state index in [1.165, 1.54) is 4.52 Å². The summed E-state index contributed by atoms with van der Waals surface area (Å²) < 4.78 is 1.46. The zero-order valence-corrected chi connectivity index (χ0v) is 13.7. The van der Waals surface area contributed by atoms with E-state index in [9.17, 15) is 14.7 Å². The molecule has 25 heavy (non-hydrogen) atoms. The summed E-state index contributed by atoms with van der Waals surface area (Å²) in [7, 11) is 0. The van der Waals surface area contributed by atoms with Gasteiger partial charge >= 0.3 is 5.97 Å². The summed E-state index contributed by atoms with van der Waals surface area (Å²) in [6, 6.07) is 10.7. The van der Waals surface area contributed by atoms with Gasteiger partial charge in [0.1, 0.15) is 5.15 Å². The lowest BCUT2D eigenvalue weighted by atomic mass is 10.1. The standard InChI is InChI=1S/C16H14ClN5O3/c17-11-6-7-12-19-20-13(22(12)21-11)8-9-14(23)18-15(16(24)25)10-4-2-1-3-5-10/h1-7,15H,8-9H2,(H,18,23)(H,24,25)/t15-/m1/s1. The van der Waals surface area contributed by atoms with Crippen LogP contribution in [0.25, 0.3) is 5.65 Å². The van der Waals surface area contributed by atoms with Gasteiger partial charge in [0.15, 0.2) is 17.5 Å². The number of nitrogens with zero attached hydrogens (tertiary/aromatic N) is 4. The molecule has 2 N–H and O–H groups in total. The summed E-state index contributed by atoms with van der Waals surface area (Å²) in [6.07, 6.45) is 0.299. The molecule has 0 aliphatic rings. The van der Waals surface area contributed by atoms with E-state index in [1.807, 2.05) is 0 Å². The maximum absolute atomic E-state index is 12.2. The number of benzene rings is 1. The molecule has 0 saturated heterocycles. The van der Waals surface area contributed by atoms with Gasteiger partial charge in [0.25, 0.3) is 0 Å². The van der Waals surface area contributed by atoms with Crippen molar-refractivity contribution in [3.63, 3.8) is 0 Å². The number of hydrogen-bond donors (Lipinski definition) is 2. The number of carbonyl (C=O) groups excluding carboxylic acids is 1. The van der Waals surface area contributed by atoms with Crippen molar-refractivity contribution >= 4 is 29.1 Å². The lowest BCUT2D eigenvalue weighted by Crippen LogP contribution is -2.33. The predicted molar refractivity (Wildman–Crippen MR) is 89.1 cm³/mol. The molecule has 3 aromatic rings. The molecule has 2 heterocycles. The molecular formula is C16H14ClN5O3. The number of aromatic nitrogens is 4. The Morgan fingerprint density at radius 1 is 1.16 bits per heavy atom. The Hall–Kier alpha value is -3.00. The molecule has 9 heteroatoms. The summed E-state index contributed by atoms with van der Waals surface area (Å²) in [6.45, 7) is 0. The van der Waals surface area contributed by atoms with Crippen LogP contribution in [-0.4, -0.2) is 36.8 Å². The average molecular weight is 360 g/mol. The molecule has 0 unspecified atom stereocenters. The monoisotopic (exact) mass is 359 g/mol. The highest BCUT2D eigenvalue weighted by Crippen LogP contribution is 2.13. The summed E-state index contributed by atoms with van der Waals surface area (Å²) in [5, 5.41) is 24.1. The maximum atomic E-state index is 12.2. The van der Waals surface area contributed by atoms with Crippen molar-refractivity contribution in [3.8, 4) is 0 Å². The number of carbonyl (C=O) groups is 2. The number of nitrogens with one attached hydrogen (secondary N) is 1. The molecule has 0 saturated carbocycles. The molecular weight excluding hydrogens is 346 g/mol. The Balaban J connectivity index is 1.67. The number of carboxylic acids is 1. The van der Waals surface area contributed by atoms with Gasteiger partial charge in [-0.3, -0.25) is 4.79 Å². The van der Waals surface area contributed by atoms with Crippen molar-refractivity contribution in [2.45, 2.75) is 18.9 Å². The van der Waals surface area contributed by atoms with Gasteiger partial charge in [-0.2, -0.15) is 9.61 Å². The number of hydrogen-bond acceptors (Lipinski definition) is 5. The van der Waals surface area contributed by atoms with Crippen LogP contribution in [0.2, 0.25) is 5.15 Å². The molecule has 0 bridgehead atoms. The first kappa shape index (κ1) is 16.8. The minimum atomic E-state index is -1.12. The Bertz CT molecular complexity index is 913. The molecule has 1 amide bonds. The number of halogens is 1. The van der Waals surface area contributed by atoms with Gasteiger partial charge < -0.3 is 10.4 Å². The van der Waals surface area contributed by atoms with Crippen molar-refractivity contribution < 1.29 is 14.7 Å². The van der Waals surface area contributed by atoms with Gasteiger partial charge in [-0.1, -0.05) is 41.9 Å². The van der Waals surface area contributed by atoms with Crippen LogP contribution in [-0.2, 0) is 16.0 Å². The zero-order chi connectivity index (χ0) is 17.8. The molecule has 0 aliphatic carbocycles. The molecule has 0 radical (unpaired) electrons. The molecule has 0 spiro atoms. The number of aryl methyl sites for hydroxylation is 1. The minimum absolute atomic E-state index is 0.0472. The van der Waals surface area contributed by atoms with Crippen LogP contribution in [0.1, 0.15) is 23.9 Å². The van der Waals surface area contributed by atoms with Crippen molar-refractivity contribution in [3.05, 3.63) is 59.0 Å². The summed E-state index contributed by atoms with van der Waals surface area (Å²) >= 11 is 5.85. The first-order valence-electron chi connectivity index (χ1n) is 7.48.